The Morgan fingerprint density at radius 2 is 2.12 bits per heavy atom. The number of hydrogen-bond acceptors (Lipinski definition) is 5. The smallest absolute Gasteiger partial charge is 0.225 e. The van der Waals surface area contributed by atoms with Gasteiger partial charge in [-0.05, 0) is 48.4 Å². The number of aliphatic hydroxyl groups is 3. The average Bonchev–Trinajstić information content (AvgIpc) is 2.86. The zero-order valence-corrected chi connectivity index (χ0v) is 15.7. The van der Waals surface area contributed by atoms with Crippen LogP contribution in [0.3, 0.4) is 0 Å². The summed E-state index contributed by atoms with van der Waals surface area (Å²) in [6.45, 7) is 1.59. The van der Waals surface area contributed by atoms with Gasteiger partial charge in [-0.15, -0.1) is 0 Å². The van der Waals surface area contributed by atoms with Crippen molar-refractivity contribution in [3.8, 4) is 5.75 Å². The minimum atomic E-state index is -1.24. The molecule has 144 valence electrons. The summed E-state index contributed by atoms with van der Waals surface area (Å²) < 4.78 is 5.39. The number of likely N-dealkylation sites (N-methyl/N-ethyl adjacent to an activating group) is 1. The van der Waals surface area contributed by atoms with Crippen LogP contribution in [0, 0.1) is 5.92 Å². The molecule has 0 bridgehead atoms. The Labute approximate surface area is 154 Å². The van der Waals surface area contributed by atoms with Crippen LogP contribution < -0.4 is 4.74 Å². The molecule has 1 aliphatic carbocycles. The summed E-state index contributed by atoms with van der Waals surface area (Å²) >= 11 is 0. The van der Waals surface area contributed by atoms with E-state index < -0.39 is 17.2 Å². The van der Waals surface area contributed by atoms with Crippen molar-refractivity contribution >= 4 is 5.91 Å². The second kappa shape index (κ2) is 6.83. The van der Waals surface area contributed by atoms with Gasteiger partial charge < -0.3 is 25.0 Å². The average molecular weight is 363 g/mol. The summed E-state index contributed by atoms with van der Waals surface area (Å²) in [5.41, 5.74) is 0.125. The molecule has 6 heteroatoms. The molecule has 4 unspecified atom stereocenters. The Kier molecular flexibility index (Phi) is 5.03. The van der Waals surface area contributed by atoms with E-state index in [-0.39, 0.29) is 24.9 Å². The fourth-order valence-corrected chi connectivity index (χ4v) is 4.69. The third kappa shape index (κ3) is 2.71. The lowest BCUT2D eigenvalue weighted by Gasteiger charge is -2.49. The predicted molar refractivity (Wildman–Crippen MR) is 96.8 cm³/mol. The van der Waals surface area contributed by atoms with Crippen molar-refractivity contribution < 1.29 is 24.9 Å². The molecule has 1 aliphatic heterocycles. The standard InChI is InChI=1S/C20H29NO5/c1-13(17(23)12-22)6-8-19-11-18(24)21(2)20(19,25)9-7-14-4-5-15(26-3)10-16(14)19/h4-5,10,13,17,22-23,25H,6-9,11-12H2,1-3H3. The number of aliphatic hydroxyl groups excluding tert-OH is 2. The molecule has 6 nitrogen and oxygen atoms in total. The van der Waals surface area contributed by atoms with Gasteiger partial charge in [-0.1, -0.05) is 13.0 Å². The number of aryl methyl sites for hydroxylation is 1. The van der Waals surface area contributed by atoms with Gasteiger partial charge in [0.05, 0.1) is 25.2 Å². The molecule has 0 saturated carbocycles. The molecule has 1 fully saturated rings. The Hall–Kier alpha value is -1.63. The first-order valence-corrected chi connectivity index (χ1v) is 9.24. The molecule has 0 radical (unpaired) electrons. The maximum absolute atomic E-state index is 12.6. The number of carbonyl (C=O) groups excluding carboxylic acids is 1. The van der Waals surface area contributed by atoms with Gasteiger partial charge in [0.1, 0.15) is 11.5 Å². The first kappa shape index (κ1) is 19.1. The van der Waals surface area contributed by atoms with E-state index in [1.54, 1.807) is 14.2 Å². The van der Waals surface area contributed by atoms with Gasteiger partial charge in [0.15, 0.2) is 0 Å². The van der Waals surface area contributed by atoms with Gasteiger partial charge in [0, 0.05) is 19.9 Å². The molecule has 0 spiro atoms. The second-order valence-corrected chi connectivity index (χ2v) is 7.82. The number of methoxy groups -OCH3 is 1. The van der Waals surface area contributed by atoms with E-state index >= 15 is 0 Å². The molecular weight excluding hydrogens is 334 g/mol. The molecule has 1 amide bonds. The van der Waals surface area contributed by atoms with Crippen molar-refractivity contribution in [1.29, 1.82) is 0 Å². The highest BCUT2D eigenvalue weighted by Crippen LogP contribution is 2.56. The van der Waals surface area contributed by atoms with E-state index in [1.807, 2.05) is 25.1 Å². The normalized spacial score (nSPS) is 29.9. The summed E-state index contributed by atoms with van der Waals surface area (Å²) in [7, 11) is 3.27. The van der Waals surface area contributed by atoms with Crippen molar-refractivity contribution in [2.45, 2.75) is 56.3 Å². The third-order valence-electron chi connectivity index (χ3n) is 6.59. The first-order chi connectivity index (χ1) is 12.3. The van der Waals surface area contributed by atoms with Gasteiger partial charge in [0.2, 0.25) is 5.91 Å². The van der Waals surface area contributed by atoms with Crippen LogP contribution in [-0.2, 0) is 16.6 Å². The summed E-state index contributed by atoms with van der Waals surface area (Å²) in [5, 5.41) is 30.7. The minimum Gasteiger partial charge on any atom is -0.497 e. The summed E-state index contributed by atoms with van der Waals surface area (Å²) in [4.78, 5) is 14.1. The zero-order valence-electron chi connectivity index (χ0n) is 15.7. The van der Waals surface area contributed by atoms with Crippen LogP contribution in [0.25, 0.3) is 0 Å². The van der Waals surface area contributed by atoms with Gasteiger partial charge in [-0.3, -0.25) is 4.79 Å². The molecular formula is C20H29NO5. The fraction of sp³-hybridized carbons (Fsp3) is 0.650. The quantitative estimate of drug-likeness (QED) is 0.707. The van der Waals surface area contributed by atoms with Gasteiger partial charge >= 0.3 is 0 Å². The number of carbonyl (C=O) groups is 1. The third-order valence-corrected chi connectivity index (χ3v) is 6.59. The van der Waals surface area contributed by atoms with Gasteiger partial charge in [-0.25, -0.2) is 0 Å². The van der Waals surface area contributed by atoms with Crippen LogP contribution in [0.1, 0.15) is 43.7 Å². The van der Waals surface area contributed by atoms with Crippen LogP contribution in [0.5, 0.6) is 5.75 Å². The summed E-state index contributed by atoms with van der Waals surface area (Å²) in [5.74, 6) is 0.506. The summed E-state index contributed by atoms with van der Waals surface area (Å²) in [6, 6.07) is 5.87. The van der Waals surface area contributed by atoms with Crippen LogP contribution >= 0.6 is 0 Å². The molecule has 1 aromatic carbocycles. The van der Waals surface area contributed by atoms with Crippen LogP contribution in [0.15, 0.2) is 18.2 Å². The number of fused-ring (bicyclic) bond motifs is 3. The molecule has 2 aliphatic rings. The van der Waals surface area contributed by atoms with Crippen molar-refractivity contribution in [1.82, 2.24) is 4.90 Å². The van der Waals surface area contributed by atoms with Crippen LogP contribution in [-0.4, -0.2) is 58.7 Å². The van der Waals surface area contributed by atoms with E-state index in [1.165, 1.54) is 4.90 Å². The van der Waals surface area contributed by atoms with Crippen LogP contribution in [0.2, 0.25) is 0 Å². The molecule has 1 heterocycles. The monoisotopic (exact) mass is 363 g/mol. The Morgan fingerprint density at radius 1 is 1.38 bits per heavy atom. The Morgan fingerprint density at radius 3 is 2.77 bits per heavy atom. The Balaban J connectivity index is 2.05. The number of hydrogen-bond donors (Lipinski definition) is 3. The van der Waals surface area contributed by atoms with Crippen molar-refractivity contribution in [2.24, 2.45) is 5.92 Å². The highest BCUT2D eigenvalue weighted by molar-refractivity contribution is 5.83. The lowest BCUT2D eigenvalue weighted by molar-refractivity contribution is -0.153. The topological polar surface area (TPSA) is 90.2 Å². The first-order valence-electron chi connectivity index (χ1n) is 9.24. The molecule has 0 aromatic heterocycles. The van der Waals surface area contributed by atoms with E-state index in [4.69, 9.17) is 4.74 Å². The molecule has 3 rings (SSSR count). The Bertz CT molecular complexity index is 693. The number of benzene rings is 1. The zero-order chi connectivity index (χ0) is 19.1. The molecule has 1 saturated heterocycles. The van der Waals surface area contributed by atoms with Gasteiger partial charge in [-0.2, -0.15) is 0 Å². The lowest BCUT2D eigenvalue weighted by Crippen LogP contribution is -2.58. The van der Waals surface area contributed by atoms with Crippen molar-refractivity contribution in [3.63, 3.8) is 0 Å². The van der Waals surface area contributed by atoms with Crippen molar-refractivity contribution in [2.75, 3.05) is 20.8 Å². The molecule has 1 aromatic rings. The maximum atomic E-state index is 12.6. The number of nitrogens with zero attached hydrogens (tertiary/aromatic N) is 1. The van der Waals surface area contributed by atoms with Gasteiger partial charge in [0.25, 0.3) is 0 Å². The second-order valence-electron chi connectivity index (χ2n) is 7.82. The van der Waals surface area contributed by atoms with E-state index in [2.05, 4.69) is 0 Å². The fourth-order valence-electron chi connectivity index (χ4n) is 4.69. The highest BCUT2D eigenvalue weighted by atomic mass is 16.5. The SMILES string of the molecule is COc1ccc2c(c1)C1(CCC(C)C(O)CO)CC(=O)N(C)C1(O)CC2. The highest BCUT2D eigenvalue weighted by Gasteiger charge is 2.63. The number of rotatable bonds is 6. The predicted octanol–water partition coefficient (Wildman–Crippen LogP) is 1.20. The number of likely N-dealkylation sites (tertiary alicyclic amines) is 1. The number of amides is 1. The van der Waals surface area contributed by atoms with E-state index in [9.17, 15) is 20.1 Å². The molecule has 26 heavy (non-hydrogen) atoms. The lowest BCUT2D eigenvalue weighted by atomic mass is 9.61. The number of ether oxygens (including phenoxy) is 1. The molecule has 4 atom stereocenters. The van der Waals surface area contributed by atoms with Crippen LogP contribution in [0.4, 0.5) is 0 Å². The molecule has 3 N–H and O–H groups in total. The minimum absolute atomic E-state index is 0.0708. The summed E-state index contributed by atoms with van der Waals surface area (Å²) in [6.07, 6.45) is 1.78. The van der Waals surface area contributed by atoms with E-state index in [0.717, 1.165) is 11.1 Å². The van der Waals surface area contributed by atoms with Crippen molar-refractivity contribution in [3.05, 3.63) is 29.3 Å². The largest absolute Gasteiger partial charge is 0.497 e. The maximum Gasteiger partial charge on any atom is 0.225 e. The van der Waals surface area contributed by atoms with E-state index in [0.29, 0.717) is 31.4 Å².